The Hall–Kier alpha value is -3.98. The first-order valence-corrected chi connectivity index (χ1v) is 13.4. The zero-order chi connectivity index (χ0) is 27.4. The minimum Gasteiger partial charge on any atom is -0.489 e. The summed E-state index contributed by atoms with van der Waals surface area (Å²) in [6, 6.07) is 27.0. The van der Waals surface area contributed by atoms with Crippen molar-refractivity contribution < 1.29 is 18.7 Å². The number of nitrogens with zero attached hydrogens (tertiary/aromatic N) is 1. The van der Waals surface area contributed by atoms with Crippen LogP contribution in [0.5, 0.6) is 5.75 Å². The number of thiocarbonyl (C=S) groups is 1. The van der Waals surface area contributed by atoms with E-state index in [4.69, 9.17) is 28.6 Å². The summed E-state index contributed by atoms with van der Waals surface area (Å²) in [7, 11) is 0. The van der Waals surface area contributed by atoms with Gasteiger partial charge in [-0.05, 0) is 83.9 Å². The van der Waals surface area contributed by atoms with Gasteiger partial charge in [0.2, 0.25) is 0 Å². The average Bonchev–Trinajstić information content (AvgIpc) is 3.22. The van der Waals surface area contributed by atoms with Gasteiger partial charge in [-0.25, -0.2) is 4.39 Å². The standard InChI is InChI=1S/C30H20ClFN2O3S2/c31-22-8-4-20(5-9-22)18-37-26-14-6-19(7-15-26)16-27-29(36)34(30(38)39-27)25-3-1-2-21(17-25)28(35)33-24-12-10-23(32)11-13-24/h1-17H,18H2,(H,33,35)/b27-16+. The minimum atomic E-state index is -0.393. The van der Waals surface area contributed by atoms with Crippen LogP contribution in [0.4, 0.5) is 15.8 Å². The van der Waals surface area contributed by atoms with Crippen LogP contribution >= 0.6 is 35.6 Å². The maximum absolute atomic E-state index is 13.3. The van der Waals surface area contributed by atoms with Gasteiger partial charge < -0.3 is 10.1 Å². The molecule has 1 aliphatic rings. The van der Waals surface area contributed by atoms with E-state index in [1.807, 2.05) is 48.5 Å². The molecule has 9 heteroatoms. The third-order valence-corrected chi connectivity index (χ3v) is 7.31. The normalized spacial score (nSPS) is 14.1. The van der Waals surface area contributed by atoms with Crippen LogP contribution in [0, 0.1) is 5.82 Å². The molecule has 1 N–H and O–H groups in total. The molecule has 194 valence electrons. The number of ether oxygens (including phenoxy) is 1. The number of carbonyl (C=O) groups is 2. The van der Waals surface area contributed by atoms with Crippen LogP contribution in [0.25, 0.3) is 6.08 Å². The van der Waals surface area contributed by atoms with Crippen molar-refractivity contribution >= 4 is 69.2 Å². The topological polar surface area (TPSA) is 58.6 Å². The Kier molecular flexibility index (Phi) is 8.07. The molecule has 1 heterocycles. The molecule has 0 radical (unpaired) electrons. The number of hydrogen-bond acceptors (Lipinski definition) is 5. The molecule has 4 aromatic rings. The Morgan fingerprint density at radius 2 is 1.72 bits per heavy atom. The monoisotopic (exact) mass is 574 g/mol. The Bertz CT molecular complexity index is 1570. The highest BCUT2D eigenvalue weighted by Crippen LogP contribution is 2.36. The van der Waals surface area contributed by atoms with Crippen molar-refractivity contribution in [2.24, 2.45) is 0 Å². The fourth-order valence-corrected chi connectivity index (χ4v) is 5.20. The molecule has 0 aliphatic carbocycles. The number of hydrogen-bond donors (Lipinski definition) is 1. The first kappa shape index (κ1) is 26.6. The highest BCUT2D eigenvalue weighted by molar-refractivity contribution is 8.27. The predicted molar refractivity (Wildman–Crippen MR) is 159 cm³/mol. The number of benzene rings is 4. The van der Waals surface area contributed by atoms with E-state index in [0.717, 1.165) is 11.1 Å². The fraction of sp³-hybridized carbons (Fsp3) is 0.0333. The number of rotatable bonds is 7. The number of halogens is 2. The lowest BCUT2D eigenvalue weighted by Crippen LogP contribution is -2.27. The van der Waals surface area contributed by atoms with Crippen LogP contribution in [-0.2, 0) is 11.4 Å². The number of nitrogens with one attached hydrogen (secondary N) is 1. The first-order chi connectivity index (χ1) is 18.9. The minimum absolute atomic E-state index is 0.274. The Labute approximate surface area is 239 Å². The molecule has 0 spiro atoms. The summed E-state index contributed by atoms with van der Waals surface area (Å²) in [4.78, 5) is 27.9. The number of amides is 2. The van der Waals surface area contributed by atoms with E-state index in [-0.39, 0.29) is 11.8 Å². The van der Waals surface area contributed by atoms with E-state index in [1.54, 1.807) is 30.3 Å². The molecule has 0 bridgehead atoms. The molecule has 1 aliphatic heterocycles. The van der Waals surface area contributed by atoms with Crippen molar-refractivity contribution in [3.63, 3.8) is 0 Å². The third-order valence-electron chi connectivity index (χ3n) is 5.76. The lowest BCUT2D eigenvalue weighted by molar-refractivity contribution is -0.113. The van der Waals surface area contributed by atoms with E-state index in [2.05, 4.69) is 5.32 Å². The summed E-state index contributed by atoms with van der Waals surface area (Å²) in [6.45, 7) is 0.413. The molecule has 5 rings (SSSR count). The van der Waals surface area contributed by atoms with E-state index >= 15 is 0 Å². The Balaban J connectivity index is 1.26. The van der Waals surface area contributed by atoms with Crippen molar-refractivity contribution in [2.75, 3.05) is 10.2 Å². The van der Waals surface area contributed by atoms with Gasteiger partial charge in [0.15, 0.2) is 4.32 Å². The van der Waals surface area contributed by atoms with Gasteiger partial charge in [-0.2, -0.15) is 0 Å². The summed E-state index contributed by atoms with van der Waals surface area (Å²) in [5, 5.41) is 3.39. The van der Waals surface area contributed by atoms with Gasteiger partial charge in [-0.3, -0.25) is 14.5 Å². The second-order valence-corrected chi connectivity index (χ2v) is 10.6. The molecular formula is C30H20ClFN2O3S2. The zero-order valence-electron chi connectivity index (χ0n) is 20.3. The highest BCUT2D eigenvalue weighted by atomic mass is 35.5. The first-order valence-electron chi connectivity index (χ1n) is 11.8. The second-order valence-electron chi connectivity index (χ2n) is 8.51. The summed E-state index contributed by atoms with van der Waals surface area (Å²) in [5.41, 5.74) is 3.11. The maximum atomic E-state index is 13.3. The lowest BCUT2D eigenvalue weighted by Gasteiger charge is -2.15. The van der Waals surface area contributed by atoms with Crippen molar-refractivity contribution in [3.05, 3.63) is 129 Å². The van der Waals surface area contributed by atoms with E-state index in [0.29, 0.717) is 43.5 Å². The van der Waals surface area contributed by atoms with Gasteiger partial charge in [0.05, 0.1) is 10.6 Å². The lowest BCUT2D eigenvalue weighted by atomic mass is 10.1. The van der Waals surface area contributed by atoms with E-state index in [1.165, 1.54) is 40.9 Å². The molecule has 2 amide bonds. The zero-order valence-corrected chi connectivity index (χ0v) is 22.7. The van der Waals surface area contributed by atoms with Crippen LogP contribution in [-0.4, -0.2) is 16.1 Å². The van der Waals surface area contributed by atoms with Crippen molar-refractivity contribution in [3.8, 4) is 5.75 Å². The van der Waals surface area contributed by atoms with Crippen LogP contribution < -0.4 is 15.0 Å². The quantitative estimate of drug-likeness (QED) is 0.181. The van der Waals surface area contributed by atoms with Crippen molar-refractivity contribution in [1.29, 1.82) is 0 Å². The van der Waals surface area contributed by atoms with E-state index in [9.17, 15) is 14.0 Å². The van der Waals surface area contributed by atoms with Crippen LogP contribution in [0.3, 0.4) is 0 Å². The third kappa shape index (κ3) is 6.54. The van der Waals surface area contributed by atoms with Crippen molar-refractivity contribution in [1.82, 2.24) is 0 Å². The summed E-state index contributed by atoms with van der Waals surface area (Å²) < 4.78 is 19.4. The molecule has 0 atom stereocenters. The molecule has 5 nitrogen and oxygen atoms in total. The molecule has 4 aromatic carbocycles. The summed E-state index contributed by atoms with van der Waals surface area (Å²) >= 11 is 12.6. The van der Waals surface area contributed by atoms with E-state index < -0.39 is 5.82 Å². The van der Waals surface area contributed by atoms with Gasteiger partial charge in [0, 0.05) is 16.3 Å². The highest BCUT2D eigenvalue weighted by Gasteiger charge is 2.33. The molecule has 0 aromatic heterocycles. The molecule has 1 saturated heterocycles. The molecule has 0 saturated carbocycles. The maximum Gasteiger partial charge on any atom is 0.270 e. The molecule has 39 heavy (non-hydrogen) atoms. The predicted octanol–water partition coefficient (Wildman–Crippen LogP) is 7.72. The molecular weight excluding hydrogens is 555 g/mol. The Morgan fingerprint density at radius 3 is 2.44 bits per heavy atom. The average molecular weight is 575 g/mol. The number of carbonyl (C=O) groups excluding carboxylic acids is 2. The Morgan fingerprint density at radius 1 is 1.00 bits per heavy atom. The van der Waals surface area contributed by atoms with Gasteiger partial charge in [0.1, 0.15) is 18.2 Å². The SMILES string of the molecule is O=C(Nc1ccc(F)cc1)c1cccc(N2C(=O)/C(=C\c3ccc(OCc4ccc(Cl)cc4)cc3)SC2=S)c1. The second kappa shape index (κ2) is 11.8. The van der Waals surface area contributed by atoms with Crippen LogP contribution in [0.1, 0.15) is 21.5 Å². The molecule has 1 fully saturated rings. The number of anilines is 2. The summed E-state index contributed by atoms with van der Waals surface area (Å²) in [5.74, 6) is -0.354. The fourth-order valence-electron chi connectivity index (χ4n) is 3.77. The van der Waals surface area contributed by atoms with Crippen molar-refractivity contribution in [2.45, 2.75) is 6.61 Å². The largest absolute Gasteiger partial charge is 0.489 e. The van der Waals surface area contributed by atoms with Crippen LogP contribution in [0.15, 0.2) is 102 Å². The molecule has 0 unspecified atom stereocenters. The van der Waals surface area contributed by atoms with Gasteiger partial charge in [-0.1, -0.05) is 65.9 Å². The number of thioether (sulfide) groups is 1. The van der Waals surface area contributed by atoms with Gasteiger partial charge in [-0.15, -0.1) is 0 Å². The van der Waals surface area contributed by atoms with Gasteiger partial charge >= 0.3 is 0 Å². The smallest absolute Gasteiger partial charge is 0.270 e. The van der Waals surface area contributed by atoms with Crippen LogP contribution in [0.2, 0.25) is 5.02 Å². The summed E-state index contributed by atoms with van der Waals surface area (Å²) in [6.07, 6.45) is 1.77. The van der Waals surface area contributed by atoms with Gasteiger partial charge in [0.25, 0.3) is 11.8 Å².